The Morgan fingerprint density at radius 3 is 2.39 bits per heavy atom. The minimum Gasteiger partial charge on any atom is -0.481 e. The maximum atomic E-state index is 12.6. The van der Waals surface area contributed by atoms with Gasteiger partial charge in [0.25, 0.3) is 0 Å². The van der Waals surface area contributed by atoms with E-state index in [9.17, 15) is 14.7 Å². The van der Waals surface area contributed by atoms with Gasteiger partial charge in [-0.15, -0.1) is 0 Å². The third kappa shape index (κ3) is 4.60. The molecule has 0 unspecified atom stereocenters. The van der Waals surface area contributed by atoms with E-state index in [1.807, 2.05) is 49.4 Å². The van der Waals surface area contributed by atoms with Crippen molar-refractivity contribution in [1.82, 2.24) is 5.16 Å². The number of rotatable bonds is 7. The molecule has 36 heavy (non-hydrogen) atoms. The Labute approximate surface area is 209 Å². The van der Waals surface area contributed by atoms with Crippen LogP contribution < -0.4 is 5.32 Å². The van der Waals surface area contributed by atoms with Crippen LogP contribution in [0.25, 0.3) is 11.3 Å². The number of carboxylic acid groups (broad SMARTS) is 1. The van der Waals surface area contributed by atoms with Crippen LogP contribution in [0.4, 0.5) is 10.5 Å². The number of hydrogen-bond donors (Lipinski definition) is 2. The molecule has 3 heterocycles. The lowest BCUT2D eigenvalue weighted by molar-refractivity contribution is -0.174. The molecule has 3 fully saturated rings. The standard InChI is InChI=1S/C28H30N2O6/c1-18-24(29-26(33)35-19(2)20-6-4-3-5-7-20)25(36-30-18)21-8-10-22(11-9-21)27-12-14-28(15-13-27,34-17-27)16-23(31)32/h3-11,19H,12-17H2,1-2H3,(H,29,33)(H,31,32)/t19-,27?,28?/m1/s1. The largest absolute Gasteiger partial charge is 0.481 e. The summed E-state index contributed by atoms with van der Waals surface area (Å²) in [5.41, 5.74) is 3.27. The molecular formula is C28H30N2O6. The van der Waals surface area contributed by atoms with Crippen LogP contribution in [-0.2, 0) is 19.7 Å². The Bertz CT molecular complexity index is 1230. The fraction of sp³-hybridized carbons (Fsp3) is 0.393. The Balaban J connectivity index is 1.29. The van der Waals surface area contributed by atoms with Gasteiger partial charge in [-0.2, -0.15) is 0 Å². The van der Waals surface area contributed by atoms with E-state index in [4.69, 9.17) is 14.0 Å². The van der Waals surface area contributed by atoms with Gasteiger partial charge in [-0.05, 0) is 50.7 Å². The van der Waals surface area contributed by atoms with Gasteiger partial charge in [-0.3, -0.25) is 10.1 Å². The number of aromatic nitrogens is 1. The Morgan fingerprint density at radius 1 is 1.08 bits per heavy atom. The van der Waals surface area contributed by atoms with E-state index in [-0.39, 0.29) is 11.8 Å². The molecule has 2 bridgehead atoms. The minimum absolute atomic E-state index is 0.0647. The van der Waals surface area contributed by atoms with Crippen molar-refractivity contribution in [3.63, 3.8) is 0 Å². The van der Waals surface area contributed by atoms with E-state index in [1.54, 1.807) is 6.92 Å². The van der Waals surface area contributed by atoms with Crippen LogP contribution in [0.2, 0.25) is 0 Å². The highest BCUT2D eigenvalue weighted by molar-refractivity contribution is 5.90. The quantitative estimate of drug-likeness (QED) is 0.417. The zero-order chi connectivity index (χ0) is 25.3. The van der Waals surface area contributed by atoms with E-state index in [2.05, 4.69) is 22.6 Å². The molecule has 2 saturated heterocycles. The van der Waals surface area contributed by atoms with E-state index in [0.717, 1.165) is 42.4 Å². The molecule has 3 aromatic rings. The van der Waals surface area contributed by atoms with E-state index in [0.29, 0.717) is 23.7 Å². The van der Waals surface area contributed by atoms with Crippen LogP contribution in [0.1, 0.15) is 62.0 Å². The molecule has 2 N–H and O–H groups in total. The number of aliphatic carboxylic acids is 1. The van der Waals surface area contributed by atoms with Crippen molar-refractivity contribution in [2.75, 3.05) is 11.9 Å². The summed E-state index contributed by atoms with van der Waals surface area (Å²) in [6, 6.07) is 17.6. The van der Waals surface area contributed by atoms with Gasteiger partial charge in [0, 0.05) is 11.0 Å². The number of amides is 1. The van der Waals surface area contributed by atoms with Gasteiger partial charge in [0.05, 0.1) is 18.6 Å². The average molecular weight is 491 g/mol. The van der Waals surface area contributed by atoms with Crippen LogP contribution in [0.3, 0.4) is 0 Å². The number of carbonyl (C=O) groups is 2. The lowest BCUT2D eigenvalue weighted by atomic mass is 9.62. The molecule has 0 radical (unpaired) electrons. The van der Waals surface area contributed by atoms with Gasteiger partial charge in [-0.25, -0.2) is 4.79 Å². The summed E-state index contributed by atoms with van der Waals surface area (Å²) in [6.07, 6.45) is 2.38. The maximum absolute atomic E-state index is 12.6. The zero-order valence-electron chi connectivity index (χ0n) is 20.5. The third-order valence-electron chi connectivity index (χ3n) is 7.65. The van der Waals surface area contributed by atoms with Gasteiger partial charge in [-0.1, -0.05) is 59.8 Å². The number of carboxylic acids is 1. The molecule has 2 aromatic carbocycles. The molecule has 188 valence electrons. The number of benzene rings is 2. The second-order valence-corrected chi connectivity index (χ2v) is 9.96. The fourth-order valence-corrected chi connectivity index (χ4v) is 5.41. The third-order valence-corrected chi connectivity index (χ3v) is 7.65. The first kappa shape index (κ1) is 24.1. The summed E-state index contributed by atoms with van der Waals surface area (Å²) in [7, 11) is 0. The van der Waals surface area contributed by atoms with Crippen LogP contribution in [0.5, 0.6) is 0 Å². The molecule has 1 saturated carbocycles. The molecule has 1 aromatic heterocycles. The number of ether oxygens (including phenoxy) is 2. The predicted octanol–water partition coefficient (Wildman–Crippen LogP) is 6.02. The molecule has 8 heteroatoms. The molecule has 6 rings (SSSR count). The van der Waals surface area contributed by atoms with Crippen LogP contribution in [-0.4, -0.2) is 34.5 Å². The van der Waals surface area contributed by atoms with Gasteiger partial charge in [0.2, 0.25) is 0 Å². The van der Waals surface area contributed by atoms with E-state index >= 15 is 0 Å². The monoisotopic (exact) mass is 490 g/mol. The number of fused-ring (bicyclic) bond motifs is 3. The summed E-state index contributed by atoms with van der Waals surface area (Å²) in [5.74, 6) is -0.344. The first-order valence-corrected chi connectivity index (χ1v) is 12.2. The number of nitrogens with one attached hydrogen (secondary N) is 1. The normalized spacial score (nSPS) is 23.7. The van der Waals surface area contributed by atoms with Crippen molar-refractivity contribution in [3.05, 3.63) is 71.4 Å². The highest BCUT2D eigenvalue weighted by Crippen LogP contribution is 2.51. The van der Waals surface area contributed by atoms with Crippen molar-refractivity contribution in [2.45, 2.75) is 63.1 Å². The lowest BCUT2D eigenvalue weighted by Crippen LogP contribution is -2.54. The molecule has 8 nitrogen and oxygen atoms in total. The first-order valence-electron chi connectivity index (χ1n) is 12.2. The van der Waals surface area contributed by atoms with Crippen LogP contribution >= 0.6 is 0 Å². The summed E-state index contributed by atoms with van der Waals surface area (Å²) < 4.78 is 17.2. The Kier molecular flexibility index (Phi) is 6.30. The Hall–Kier alpha value is -3.65. The number of carbonyl (C=O) groups excluding carboxylic acids is 1. The molecule has 3 aliphatic rings. The molecular weight excluding hydrogens is 460 g/mol. The van der Waals surface area contributed by atoms with Crippen LogP contribution in [0.15, 0.2) is 59.1 Å². The Morgan fingerprint density at radius 2 is 1.78 bits per heavy atom. The minimum atomic E-state index is -0.807. The average Bonchev–Trinajstić information content (AvgIpc) is 3.24. The van der Waals surface area contributed by atoms with E-state index < -0.39 is 23.8 Å². The van der Waals surface area contributed by atoms with Crippen molar-refractivity contribution < 1.29 is 28.7 Å². The maximum Gasteiger partial charge on any atom is 0.412 e. The van der Waals surface area contributed by atoms with Crippen molar-refractivity contribution in [2.24, 2.45) is 0 Å². The zero-order valence-corrected chi connectivity index (χ0v) is 20.5. The topological polar surface area (TPSA) is 111 Å². The van der Waals surface area contributed by atoms with Crippen molar-refractivity contribution in [3.8, 4) is 11.3 Å². The number of hydrogen-bond acceptors (Lipinski definition) is 6. The molecule has 0 spiro atoms. The second kappa shape index (κ2) is 9.43. The summed E-state index contributed by atoms with van der Waals surface area (Å²) >= 11 is 0. The van der Waals surface area contributed by atoms with E-state index in [1.165, 1.54) is 0 Å². The number of anilines is 1. The fourth-order valence-electron chi connectivity index (χ4n) is 5.41. The highest BCUT2D eigenvalue weighted by Gasteiger charge is 2.51. The van der Waals surface area contributed by atoms with Gasteiger partial charge < -0.3 is 19.1 Å². The van der Waals surface area contributed by atoms with Gasteiger partial charge >= 0.3 is 12.1 Å². The molecule has 2 aliphatic heterocycles. The van der Waals surface area contributed by atoms with Gasteiger partial charge in [0.1, 0.15) is 17.5 Å². The summed E-state index contributed by atoms with van der Waals surface area (Å²) in [6.45, 7) is 4.11. The van der Waals surface area contributed by atoms with Crippen molar-refractivity contribution >= 4 is 17.7 Å². The smallest absolute Gasteiger partial charge is 0.412 e. The first-order chi connectivity index (χ1) is 17.3. The van der Waals surface area contributed by atoms with Gasteiger partial charge in [0.15, 0.2) is 5.76 Å². The van der Waals surface area contributed by atoms with Crippen LogP contribution in [0, 0.1) is 6.92 Å². The number of nitrogens with zero attached hydrogens (tertiary/aromatic N) is 1. The molecule has 1 amide bonds. The molecule has 1 atom stereocenters. The number of aryl methyl sites for hydroxylation is 1. The summed E-state index contributed by atoms with van der Waals surface area (Å²) in [4.78, 5) is 23.9. The molecule has 1 aliphatic carbocycles. The summed E-state index contributed by atoms with van der Waals surface area (Å²) in [5, 5.41) is 16.1. The second-order valence-electron chi connectivity index (χ2n) is 9.96. The lowest BCUT2D eigenvalue weighted by Gasteiger charge is -2.53. The highest BCUT2D eigenvalue weighted by atomic mass is 16.6. The predicted molar refractivity (Wildman–Crippen MR) is 133 cm³/mol. The van der Waals surface area contributed by atoms with Crippen molar-refractivity contribution in [1.29, 1.82) is 0 Å². The SMILES string of the molecule is Cc1noc(-c2ccc(C34CCC(CC(=O)O)(CC3)OC4)cc2)c1NC(=O)O[C@H](C)c1ccccc1.